The Morgan fingerprint density at radius 3 is 1.29 bits per heavy atom. The fraction of sp³-hybridized carbons (Fsp3) is 0.381. The van der Waals surface area contributed by atoms with E-state index in [0.29, 0.717) is 0 Å². The monoisotopic (exact) mass is 738 g/mol. The number of hydrogen-bond donors (Lipinski definition) is 2. The first-order valence-corrected chi connectivity index (χ1v) is 21.8. The standard InChI is InChI=1S/C42H48N2O6P2/c1-29-9-19-35(37-7-3-5-21-49-37)39(23-29)51-25-43(33-15-11-31(12-16-33)41(45)46)27-52(28-44(26-51)34-17-13-32(14-18-34)42(47)48)40-24-30(2)10-20-36(40)38-8-4-6-22-50-38/h9-20,23-24,37-38H,3-8,21-22,25-28H2,1-2H3,(H,45,46)(H,47,48). The predicted molar refractivity (Wildman–Crippen MR) is 212 cm³/mol. The lowest BCUT2D eigenvalue weighted by Crippen LogP contribution is -2.39. The van der Waals surface area contributed by atoms with Gasteiger partial charge in [-0.15, -0.1) is 0 Å². The number of carboxylic acids is 2. The van der Waals surface area contributed by atoms with E-state index in [4.69, 9.17) is 9.47 Å². The van der Waals surface area contributed by atoms with E-state index in [0.717, 1.165) is 88.3 Å². The third-order valence-corrected chi connectivity index (χ3v) is 15.3. The molecule has 0 spiro atoms. The molecule has 0 saturated carbocycles. The highest BCUT2D eigenvalue weighted by molar-refractivity contribution is 7.68. The molecule has 0 amide bonds. The first kappa shape index (κ1) is 36.6. The van der Waals surface area contributed by atoms with E-state index in [1.807, 2.05) is 24.3 Å². The van der Waals surface area contributed by atoms with Gasteiger partial charge in [0.2, 0.25) is 0 Å². The minimum absolute atomic E-state index is 0.0614. The van der Waals surface area contributed by atoms with Crippen molar-refractivity contribution in [3.63, 3.8) is 0 Å². The van der Waals surface area contributed by atoms with Crippen molar-refractivity contribution in [1.29, 1.82) is 0 Å². The molecule has 3 fully saturated rings. The summed E-state index contributed by atoms with van der Waals surface area (Å²) < 4.78 is 12.8. The number of carbonyl (C=O) groups is 2. The topological polar surface area (TPSA) is 99.5 Å². The van der Waals surface area contributed by atoms with Crippen LogP contribution >= 0.6 is 15.8 Å². The molecule has 4 aromatic carbocycles. The molecule has 3 aliphatic heterocycles. The van der Waals surface area contributed by atoms with Crippen molar-refractivity contribution in [2.45, 2.75) is 64.6 Å². The van der Waals surface area contributed by atoms with Crippen LogP contribution in [-0.2, 0) is 9.47 Å². The zero-order chi connectivity index (χ0) is 36.2. The smallest absolute Gasteiger partial charge is 0.335 e. The van der Waals surface area contributed by atoms with Crippen molar-refractivity contribution in [2.24, 2.45) is 0 Å². The van der Waals surface area contributed by atoms with E-state index < -0.39 is 27.8 Å². The van der Waals surface area contributed by atoms with Gasteiger partial charge in [0.1, 0.15) is 0 Å². The second-order valence-electron chi connectivity index (χ2n) is 14.3. The Balaban J connectivity index is 1.36. The number of aryl methyl sites for hydroxylation is 2. The molecule has 8 nitrogen and oxygen atoms in total. The Kier molecular flexibility index (Phi) is 11.6. The average molecular weight is 739 g/mol. The minimum atomic E-state index is -0.929. The van der Waals surface area contributed by atoms with Gasteiger partial charge in [-0.1, -0.05) is 47.5 Å². The number of carboxylic acid groups (broad SMARTS) is 2. The number of ether oxygens (including phenoxy) is 2. The Labute approximate surface area is 309 Å². The van der Waals surface area contributed by atoms with E-state index >= 15 is 0 Å². The number of aromatic carboxylic acids is 2. The molecule has 52 heavy (non-hydrogen) atoms. The molecular weight excluding hydrogens is 690 g/mol. The molecule has 10 heteroatoms. The quantitative estimate of drug-likeness (QED) is 0.173. The van der Waals surface area contributed by atoms with Crippen molar-refractivity contribution < 1.29 is 29.3 Å². The molecule has 272 valence electrons. The van der Waals surface area contributed by atoms with Crippen LogP contribution in [0.4, 0.5) is 11.4 Å². The van der Waals surface area contributed by atoms with Crippen LogP contribution in [0.3, 0.4) is 0 Å². The van der Waals surface area contributed by atoms with Gasteiger partial charge in [0.05, 0.1) is 23.3 Å². The summed E-state index contributed by atoms with van der Waals surface area (Å²) in [5.74, 6) is -1.86. The number of rotatable bonds is 8. The van der Waals surface area contributed by atoms with Gasteiger partial charge in [-0.3, -0.25) is 0 Å². The van der Waals surface area contributed by atoms with Crippen LogP contribution in [0.2, 0.25) is 0 Å². The molecule has 3 heterocycles. The molecule has 3 saturated heterocycles. The molecule has 2 N–H and O–H groups in total. The Morgan fingerprint density at radius 1 is 0.577 bits per heavy atom. The van der Waals surface area contributed by atoms with Gasteiger partial charge in [-0.2, -0.15) is 0 Å². The maximum absolute atomic E-state index is 11.9. The van der Waals surface area contributed by atoms with E-state index in [2.05, 4.69) is 60.0 Å². The fourth-order valence-electron chi connectivity index (χ4n) is 7.64. The summed E-state index contributed by atoms with van der Waals surface area (Å²) in [6, 6.07) is 28.4. The van der Waals surface area contributed by atoms with Crippen LogP contribution in [0.1, 0.15) is 93.7 Å². The molecule has 7 rings (SSSR count). The number of benzene rings is 4. The van der Waals surface area contributed by atoms with E-state index in [1.54, 1.807) is 24.3 Å². The Bertz CT molecular complexity index is 1720. The van der Waals surface area contributed by atoms with Crippen molar-refractivity contribution in [3.05, 3.63) is 118 Å². The second-order valence-corrected chi connectivity index (χ2v) is 18.5. The van der Waals surface area contributed by atoms with Crippen LogP contribution < -0.4 is 20.4 Å². The summed E-state index contributed by atoms with van der Waals surface area (Å²) in [5, 5.41) is 22.1. The van der Waals surface area contributed by atoms with E-state index in [1.165, 1.54) is 32.9 Å². The van der Waals surface area contributed by atoms with Crippen molar-refractivity contribution in [3.8, 4) is 0 Å². The molecule has 3 aliphatic rings. The van der Waals surface area contributed by atoms with Gasteiger partial charge in [0.25, 0.3) is 0 Å². The van der Waals surface area contributed by atoms with Crippen LogP contribution in [0.15, 0.2) is 84.9 Å². The minimum Gasteiger partial charge on any atom is -0.478 e. The fourth-order valence-corrected chi connectivity index (χ4v) is 13.4. The highest BCUT2D eigenvalue weighted by atomic mass is 31.1. The lowest BCUT2D eigenvalue weighted by molar-refractivity contribution is 0.0155. The van der Waals surface area contributed by atoms with Gasteiger partial charge >= 0.3 is 11.9 Å². The number of hydrogen-bond acceptors (Lipinski definition) is 6. The van der Waals surface area contributed by atoms with Crippen LogP contribution in [0.25, 0.3) is 0 Å². The molecule has 2 atom stereocenters. The summed E-state index contributed by atoms with van der Waals surface area (Å²) in [6.07, 6.45) is 9.74. The van der Waals surface area contributed by atoms with Gasteiger partial charge in [-0.25, -0.2) is 9.59 Å². The normalized spacial score (nSPS) is 22.7. The number of nitrogens with zero attached hydrogens (tertiary/aromatic N) is 2. The van der Waals surface area contributed by atoms with Crippen molar-refractivity contribution in [2.75, 3.05) is 48.2 Å². The molecule has 4 aromatic rings. The van der Waals surface area contributed by atoms with Crippen molar-refractivity contribution >= 4 is 49.8 Å². The molecule has 0 radical (unpaired) electrons. The van der Waals surface area contributed by atoms with Gasteiger partial charge in [0.15, 0.2) is 0 Å². The molecule has 2 unspecified atom stereocenters. The Hall–Kier alpha value is -3.80. The number of anilines is 2. The van der Waals surface area contributed by atoms with Gasteiger partial charge in [-0.05, 0) is 138 Å². The first-order valence-electron chi connectivity index (χ1n) is 18.3. The largest absolute Gasteiger partial charge is 0.478 e. The first-order chi connectivity index (χ1) is 25.2. The SMILES string of the molecule is Cc1ccc(C2CCCCO2)c(P2CN(c3ccc(C(=O)O)cc3)CP(c3cc(C)ccc3C3CCCCO3)CN(c3ccc(C(=O)O)cc3)C2)c1. The highest BCUT2D eigenvalue weighted by Crippen LogP contribution is 2.50. The maximum atomic E-state index is 11.9. The zero-order valence-corrected chi connectivity index (χ0v) is 31.8. The third-order valence-electron chi connectivity index (χ3n) is 10.4. The van der Waals surface area contributed by atoms with Crippen LogP contribution in [0, 0.1) is 13.8 Å². The van der Waals surface area contributed by atoms with E-state index in [9.17, 15) is 19.8 Å². The molecular formula is C42H48N2O6P2. The van der Waals surface area contributed by atoms with Crippen molar-refractivity contribution in [1.82, 2.24) is 0 Å². The summed E-state index contributed by atoms with van der Waals surface area (Å²) in [6.45, 7) is 5.86. The predicted octanol–water partition coefficient (Wildman–Crippen LogP) is 8.95. The van der Waals surface area contributed by atoms with Crippen LogP contribution in [-0.4, -0.2) is 60.5 Å². The molecule has 0 aliphatic carbocycles. The summed E-state index contributed by atoms with van der Waals surface area (Å²) >= 11 is 0. The average Bonchev–Trinajstić information content (AvgIpc) is 3.16. The molecule has 0 aromatic heterocycles. The third kappa shape index (κ3) is 8.37. The maximum Gasteiger partial charge on any atom is 0.335 e. The zero-order valence-electron chi connectivity index (χ0n) is 30.0. The highest BCUT2D eigenvalue weighted by Gasteiger charge is 2.33. The molecule has 0 bridgehead atoms. The van der Waals surface area contributed by atoms with Crippen LogP contribution in [0.5, 0.6) is 0 Å². The lowest BCUT2D eigenvalue weighted by Gasteiger charge is -2.43. The Morgan fingerprint density at radius 2 is 0.962 bits per heavy atom. The van der Waals surface area contributed by atoms with Gasteiger partial charge in [0, 0.05) is 49.7 Å². The summed E-state index contributed by atoms with van der Waals surface area (Å²) in [4.78, 5) is 28.7. The summed E-state index contributed by atoms with van der Waals surface area (Å²) in [5.41, 5.74) is 7.59. The lowest BCUT2D eigenvalue weighted by atomic mass is 10.0. The second kappa shape index (κ2) is 16.5. The van der Waals surface area contributed by atoms with E-state index in [-0.39, 0.29) is 23.3 Å². The van der Waals surface area contributed by atoms with Gasteiger partial charge < -0.3 is 29.5 Å². The summed E-state index contributed by atoms with van der Waals surface area (Å²) in [7, 11) is -1.65.